The van der Waals surface area contributed by atoms with Gasteiger partial charge in [0.15, 0.2) is 0 Å². The van der Waals surface area contributed by atoms with E-state index in [2.05, 4.69) is 31.8 Å². The number of pyridine rings is 1. The normalized spacial score (nSPS) is 18.4. The van der Waals surface area contributed by atoms with E-state index in [1.54, 1.807) is 17.3 Å². The molecular weight excluding hydrogens is 270 g/mol. The number of halogens is 2. The van der Waals surface area contributed by atoms with Crippen LogP contribution in [0.1, 0.15) is 32.8 Å². The summed E-state index contributed by atoms with van der Waals surface area (Å²) in [5.41, 5.74) is 2.02. The van der Waals surface area contributed by atoms with Crippen molar-refractivity contribution in [1.29, 1.82) is 0 Å². The molecule has 0 N–H and O–H groups in total. The number of aromatic nitrogens is 1. The third-order valence-corrected chi connectivity index (χ3v) is 4.11. The minimum absolute atomic E-state index is 0.0194. The molecule has 1 aliphatic rings. The lowest BCUT2D eigenvalue weighted by Gasteiger charge is -2.25. The summed E-state index contributed by atoms with van der Waals surface area (Å²) in [5, 5.41) is 2.01. The average Bonchev–Trinajstić information content (AvgIpc) is 2.76. The number of nitrogens with zero attached hydrogens (tertiary/aromatic N) is 2. The van der Waals surface area contributed by atoms with Gasteiger partial charge in [0.05, 0.1) is 6.54 Å². The summed E-state index contributed by atoms with van der Waals surface area (Å²) in [6, 6.07) is 6.13. The topological polar surface area (TPSA) is 16.1 Å². The molecule has 0 bridgehead atoms. The fraction of sp³-hybridized carbons (Fsp3) is 0.471. The van der Waals surface area contributed by atoms with Crippen LogP contribution in [-0.2, 0) is 5.41 Å². The number of rotatable bonds is 1. The van der Waals surface area contributed by atoms with E-state index in [1.165, 1.54) is 0 Å². The van der Waals surface area contributed by atoms with Gasteiger partial charge in [-0.1, -0.05) is 26.8 Å². The highest BCUT2D eigenvalue weighted by atomic mass is 19.3. The van der Waals surface area contributed by atoms with Crippen LogP contribution in [0.3, 0.4) is 0 Å². The lowest BCUT2D eigenvalue weighted by Crippen LogP contribution is -2.25. The number of alkyl halides is 2. The van der Waals surface area contributed by atoms with Gasteiger partial charge in [0.1, 0.15) is 0 Å². The predicted octanol–water partition coefficient (Wildman–Crippen LogP) is 4.38. The Bertz CT molecular complexity index is 674. The minimum Gasteiger partial charge on any atom is -0.365 e. The molecule has 0 unspecified atom stereocenters. The maximum atomic E-state index is 13.6. The SMILES string of the molecule is CC(C)(C)c1cc(N2CCC(F)(F)C2)c2cnccc2c1. The minimum atomic E-state index is -2.59. The summed E-state index contributed by atoms with van der Waals surface area (Å²) in [7, 11) is 0. The summed E-state index contributed by atoms with van der Waals surface area (Å²) in [4.78, 5) is 5.95. The van der Waals surface area contributed by atoms with Crippen molar-refractivity contribution in [1.82, 2.24) is 4.98 Å². The molecule has 21 heavy (non-hydrogen) atoms. The number of hydrogen-bond donors (Lipinski definition) is 0. The van der Waals surface area contributed by atoms with Crippen LogP contribution in [0.4, 0.5) is 14.5 Å². The molecule has 3 rings (SSSR count). The molecular formula is C17H20F2N2. The maximum absolute atomic E-state index is 13.6. The number of anilines is 1. The Balaban J connectivity index is 2.16. The molecule has 1 fully saturated rings. The molecule has 0 saturated carbocycles. The second-order valence-corrected chi connectivity index (χ2v) is 6.87. The van der Waals surface area contributed by atoms with Crippen molar-refractivity contribution in [2.24, 2.45) is 0 Å². The summed E-state index contributed by atoms with van der Waals surface area (Å²) in [6.45, 7) is 6.60. The zero-order valence-electron chi connectivity index (χ0n) is 12.7. The Morgan fingerprint density at radius 2 is 2.00 bits per heavy atom. The van der Waals surface area contributed by atoms with Crippen LogP contribution in [0.25, 0.3) is 10.8 Å². The highest BCUT2D eigenvalue weighted by Gasteiger charge is 2.39. The first-order valence-electron chi connectivity index (χ1n) is 7.27. The van der Waals surface area contributed by atoms with Crippen molar-refractivity contribution >= 4 is 16.5 Å². The Hall–Kier alpha value is -1.71. The second kappa shape index (κ2) is 4.65. The summed E-state index contributed by atoms with van der Waals surface area (Å²) < 4.78 is 27.1. The molecule has 2 heterocycles. The van der Waals surface area contributed by atoms with Crippen LogP contribution < -0.4 is 4.90 Å². The molecule has 0 aliphatic carbocycles. The van der Waals surface area contributed by atoms with Crippen molar-refractivity contribution in [3.05, 3.63) is 36.2 Å². The van der Waals surface area contributed by atoms with Gasteiger partial charge in [0, 0.05) is 36.4 Å². The van der Waals surface area contributed by atoms with Crippen molar-refractivity contribution in [2.45, 2.75) is 38.5 Å². The quantitative estimate of drug-likeness (QED) is 0.775. The van der Waals surface area contributed by atoms with Crippen LogP contribution >= 0.6 is 0 Å². The molecule has 2 aromatic rings. The fourth-order valence-electron chi connectivity index (χ4n) is 2.82. The largest absolute Gasteiger partial charge is 0.365 e. The first-order valence-corrected chi connectivity index (χ1v) is 7.27. The Kier molecular flexibility index (Phi) is 3.15. The van der Waals surface area contributed by atoms with Gasteiger partial charge in [0.25, 0.3) is 5.92 Å². The monoisotopic (exact) mass is 290 g/mol. The molecule has 1 aliphatic heterocycles. The van der Waals surface area contributed by atoms with E-state index in [0.717, 1.165) is 22.0 Å². The van der Waals surface area contributed by atoms with Crippen molar-refractivity contribution < 1.29 is 8.78 Å². The molecule has 112 valence electrons. The van der Waals surface area contributed by atoms with E-state index in [4.69, 9.17) is 0 Å². The number of hydrogen-bond acceptors (Lipinski definition) is 2. The van der Waals surface area contributed by atoms with E-state index in [9.17, 15) is 8.78 Å². The summed E-state index contributed by atoms with van der Waals surface area (Å²) in [6.07, 6.45) is 3.44. The lowest BCUT2D eigenvalue weighted by molar-refractivity contribution is 0.0257. The van der Waals surface area contributed by atoms with Crippen LogP contribution in [0.2, 0.25) is 0 Å². The van der Waals surface area contributed by atoms with Crippen LogP contribution in [0, 0.1) is 0 Å². The third-order valence-electron chi connectivity index (χ3n) is 4.11. The Morgan fingerprint density at radius 1 is 1.24 bits per heavy atom. The van der Waals surface area contributed by atoms with Gasteiger partial charge in [-0.15, -0.1) is 0 Å². The highest BCUT2D eigenvalue weighted by molar-refractivity contribution is 5.94. The molecule has 2 nitrogen and oxygen atoms in total. The lowest BCUT2D eigenvalue weighted by atomic mass is 9.85. The first kappa shape index (κ1) is 14.2. The standard InChI is InChI=1S/C17H20F2N2/c1-16(2,3)13-8-12-4-6-20-10-14(12)15(9-13)21-7-5-17(18,19)11-21/h4,6,8-10H,5,7,11H2,1-3H3. The molecule has 0 radical (unpaired) electrons. The third kappa shape index (κ3) is 2.71. The molecule has 0 amide bonds. The highest BCUT2D eigenvalue weighted by Crippen LogP contribution is 2.37. The van der Waals surface area contributed by atoms with Gasteiger partial charge < -0.3 is 4.90 Å². The molecule has 0 spiro atoms. The van der Waals surface area contributed by atoms with Crippen molar-refractivity contribution in [3.63, 3.8) is 0 Å². The number of fused-ring (bicyclic) bond motifs is 1. The molecule has 1 aromatic carbocycles. The smallest absolute Gasteiger partial charge is 0.266 e. The van der Waals surface area contributed by atoms with E-state index in [0.29, 0.717) is 6.54 Å². The van der Waals surface area contributed by atoms with Gasteiger partial charge in [-0.2, -0.15) is 0 Å². The zero-order valence-corrected chi connectivity index (χ0v) is 12.7. The van der Waals surface area contributed by atoms with Crippen LogP contribution in [-0.4, -0.2) is 24.0 Å². The molecule has 1 saturated heterocycles. The van der Waals surface area contributed by atoms with Crippen molar-refractivity contribution in [2.75, 3.05) is 18.0 Å². The van der Waals surface area contributed by atoms with Crippen molar-refractivity contribution in [3.8, 4) is 0 Å². The van der Waals surface area contributed by atoms with Gasteiger partial charge in [-0.3, -0.25) is 4.98 Å². The molecule has 1 aromatic heterocycles. The van der Waals surface area contributed by atoms with Gasteiger partial charge in [0.2, 0.25) is 0 Å². The van der Waals surface area contributed by atoms with E-state index >= 15 is 0 Å². The van der Waals surface area contributed by atoms with Gasteiger partial charge in [-0.25, -0.2) is 8.78 Å². The number of benzene rings is 1. The Morgan fingerprint density at radius 3 is 2.62 bits per heavy atom. The first-order chi connectivity index (χ1) is 9.76. The van der Waals surface area contributed by atoms with E-state index in [-0.39, 0.29) is 18.4 Å². The summed E-state index contributed by atoms with van der Waals surface area (Å²) >= 11 is 0. The fourth-order valence-corrected chi connectivity index (χ4v) is 2.82. The molecule has 0 atom stereocenters. The summed E-state index contributed by atoms with van der Waals surface area (Å²) in [5.74, 6) is -2.59. The van der Waals surface area contributed by atoms with E-state index in [1.807, 2.05) is 12.1 Å². The van der Waals surface area contributed by atoms with E-state index < -0.39 is 5.92 Å². The average molecular weight is 290 g/mol. The Labute approximate surface area is 123 Å². The van der Waals surface area contributed by atoms with Crippen LogP contribution in [0.5, 0.6) is 0 Å². The molecule has 4 heteroatoms. The van der Waals surface area contributed by atoms with Gasteiger partial charge >= 0.3 is 0 Å². The maximum Gasteiger partial charge on any atom is 0.266 e. The zero-order chi connectivity index (χ0) is 15.3. The van der Waals surface area contributed by atoms with Gasteiger partial charge in [-0.05, 0) is 28.5 Å². The second-order valence-electron chi connectivity index (χ2n) is 6.87. The predicted molar refractivity (Wildman–Crippen MR) is 82.2 cm³/mol. The van der Waals surface area contributed by atoms with Crippen LogP contribution in [0.15, 0.2) is 30.6 Å².